The van der Waals surface area contributed by atoms with Gasteiger partial charge in [0.05, 0.1) is 12.7 Å². The van der Waals surface area contributed by atoms with Crippen LogP contribution in [0.4, 0.5) is 0 Å². The zero-order valence-corrected chi connectivity index (χ0v) is 12.1. The summed E-state index contributed by atoms with van der Waals surface area (Å²) in [5.41, 5.74) is 2.53. The summed E-state index contributed by atoms with van der Waals surface area (Å²) in [7, 11) is 1.69. The van der Waals surface area contributed by atoms with Crippen molar-refractivity contribution in [3.8, 4) is 5.75 Å². The molecular formula is C14H22ClNO2. The minimum Gasteiger partial charge on any atom is -0.496 e. The van der Waals surface area contributed by atoms with Crippen molar-refractivity contribution in [2.75, 3.05) is 20.2 Å². The first-order valence-electron chi connectivity index (χ1n) is 6.15. The summed E-state index contributed by atoms with van der Waals surface area (Å²) in [4.78, 5) is 0. The lowest BCUT2D eigenvalue weighted by molar-refractivity contribution is 0.00580. The highest BCUT2D eigenvalue weighted by Gasteiger charge is 2.31. The van der Waals surface area contributed by atoms with E-state index < -0.39 is 5.60 Å². The third-order valence-corrected chi connectivity index (χ3v) is 3.63. The van der Waals surface area contributed by atoms with Crippen molar-refractivity contribution in [2.45, 2.75) is 32.3 Å². The van der Waals surface area contributed by atoms with Gasteiger partial charge in [-0.1, -0.05) is 0 Å². The molecule has 1 aromatic rings. The van der Waals surface area contributed by atoms with Gasteiger partial charge in [-0.15, -0.1) is 12.4 Å². The fourth-order valence-corrected chi connectivity index (χ4v) is 2.67. The Bertz CT molecular complexity index is 391. The summed E-state index contributed by atoms with van der Waals surface area (Å²) in [6, 6.07) is 4.11. The molecule has 0 saturated carbocycles. The number of methoxy groups -OCH3 is 1. The molecule has 1 aliphatic rings. The number of aryl methyl sites for hydroxylation is 2. The smallest absolute Gasteiger partial charge is 0.124 e. The lowest BCUT2D eigenvalue weighted by Crippen LogP contribution is -2.39. The fraction of sp³-hybridized carbons (Fsp3) is 0.571. The highest BCUT2D eigenvalue weighted by molar-refractivity contribution is 5.85. The van der Waals surface area contributed by atoms with E-state index in [1.165, 1.54) is 0 Å². The number of nitrogens with one attached hydrogen (secondary N) is 1. The van der Waals surface area contributed by atoms with Crippen LogP contribution in [0.1, 0.15) is 29.5 Å². The van der Waals surface area contributed by atoms with Gasteiger partial charge >= 0.3 is 0 Å². The maximum Gasteiger partial charge on any atom is 0.124 e. The van der Waals surface area contributed by atoms with Crippen LogP contribution in [0.5, 0.6) is 5.75 Å². The predicted molar refractivity (Wildman–Crippen MR) is 75.7 cm³/mol. The molecule has 1 aromatic carbocycles. The van der Waals surface area contributed by atoms with Crippen molar-refractivity contribution in [3.63, 3.8) is 0 Å². The van der Waals surface area contributed by atoms with Crippen LogP contribution >= 0.6 is 12.4 Å². The molecule has 1 heterocycles. The lowest BCUT2D eigenvalue weighted by atomic mass is 9.83. The molecule has 0 spiro atoms. The van der Waals surface area contributed by atoms with Crippen LogP contribution in [0.3, 0.4) is 0 Å². The molecule has 0 radical (unpaired) electrons. The maximum absolute atomic E-state index is 10.7. The SMILES string of the molecule is COc1c(C)cc(C2(O)CCNCC2)cc1C.Cl. The monoisotopic (exact) mass is 271 g/mol. The van der Waals surface area contributed by atoms with Crippen molar-refractivity contribution < 1.29 is 9.84 Å². The van der Waals surface area contributed by atoms with Crippen LogP contribution in [0.15, 0.2) is 12.1 Å². The van der Waals surface area contributed by atoms with E-state index in [-0.39, 0.29) is 12.4 Å². The zero-order valence-electron chi connectivity index (χ0n) is 11.2. The van der Waals surface area contributed by atoms with Gasteiger partial charge in [0.2, 0.25) is 0 Å². The minimum absolute atomic E-state index is 0. The summed E-state index contributed by atoms with van der Waals surface area (Å²) in [5, 5.41) is 14.0. The Morgan fingerprint density at radius 1 is 1.17 bits per heavy atom. The summed E-state index contributed by atoms with van der Waals surface area (Å²) in [6.07, 6.45) is 1.55. The summed E-state index contributed by atoms with van der Waals surface area (Å²) in [6.45, 7) is 5.81. The molecule has 0 aliphatic carbocycles. The molecule has 2 rings (SSSR count). The van der Waals surface area contributed by atoms with Crippen molar-refractivity contribution >= 4 is 12.4 Å². The normalized spacial score (nSPS) is 18.0. The number of halogens is 1. The van der Waals surface area contributed by atoms with E-state index in [2.05, 4.69) is 17.4 Å². The molecule has 0 unspecified atom stereocenters. The first-order chi connectivity index (χ1) is 8.07. The Labute approximate surface area is 115 Å². The Kier molecular flexibility index (Phi) is 5.02. The molecule has 18 heavy (non-hydrogen) atoms. The van der Waals surface area contributed by atoms with E-state index in [4.69, 9.17) is 4.74 Å². The second-order valence-corrected chi connectivity index (χ2v) is 4.92. The van der Waals surface area contributed by atoms with E-state index >= 15 is 0 Å². The first-order valence-corrected chi connectivity index (χ1v) is 6.15. The molecule has 4 heteroatoms. The number of hydrogen-bond acceptors (Lipinski definition) is 3. The van der Waals surface area contributed by atoms with Crippen LogP contribution in [0, 0.1) is 13.8 Å². The van der Waals surface area contributed by atoms with Gasteiger partial charge in [0, 0.05) is 0 Å². The molecule has 1 saturated heterocycles. The van der Waals surface area contributed by atoms with Gasteiger partial charge in [-0.3, -0.25) is 0 Å². The van der Waals surface area contributed by atoms with Gasteiger partial charge in [-0.25, -0.2) is 0 Å². The number of rotatable bonds is 2. The lowest BCUT2D eigenvalue weighted by Gasteiger charge is -2.33. The second kappa shape index (κ2) is 5.91. The van der Waals surface area contributed by atoms with Crippen LogP contribution in [0.25, 0.3) is 0 Å². The van der Waals surface area contributed by atoms with Crippen molar-refractivity contribution in [2.24, 2.45) is 0 Å². The average molecular weight is 272 g/mol. The average Bonchev–Trinajstić information content (AvgIpc) is 2.29. The van der Waals surface area contributed by atoms with Gasteiger partial charge in [-0.05, 0) is 68.6 Å². The maximum atomic E-state index is 10.7. The zero-order chi connectivity index (χ0) is 12.5. The van der Waals surface area contributed by atoms with E-state index in [1.807, 2.05) is 13.8 Å². The van der Waals surface area contributed by atoms with Gasteiger partial charge in [0.1, 0.15) is 5.75 Å². The van der Waals surface area contributed by atoms with Crippen LogP contribution in [-0.4, -0.2) is 25.3 Å². The number of piperidine rings is 1. The molecule has 102 valence electrons. The third kappa shape index (κ3) is 2.79. The van der Waals surface area contributed by atoms with Crippen molar-refractivity contribution in [3.05, 3.63) is 28.8 Å². The highest BCUT2D eigenvalue weighted by Crippen LogP contribution is 2.34. The second-order valence-electron chi connectivity index (χ2n) is 4.92. The predicted octanol–water partition coefficient (Wildman–Crippen LogP) is 2.30. The summed E-state index contributed by atoms with van der Waals surface area (Å²) < 4.78 is 5.36. The molecule has 2 N–H and O–H groups in total. The van der Waals surface area contributed by atoms with Gasteiger partial charge in [0.15, 0.2) is 0 Å². The molecule has 1 fully saturated rings. The Balaban J connectivity index is 0.00000162. The summed E-state index contributed by atoms with van der Waals surface area (Å²) in [5.74, 6) is 0.922. The first kappa shape index (κ1) is 15.3. The van der Waals surface area contributed by atoms with Gasteiger partial charge < -0.3 is 15.2 Å². The minimum atomic E-state index is -0.674. The van der Waals surface area contributed by atoms with E-state index in [9.17, 15) is 5.11 Å². The standard InChI is InChI=1S/C14H21NO2.ClH/c1-10-8-12(9-11(2)13(10)17-3)14(16)4-6-15-7-5-14;/h8-9,15-16H,4-7H2,1-3H3;1H. The van der Waals surface area contributed by atoms with Gasteiger partial charge in [0.25, 0.3) is 0 Å². The number of aliphatic hydroxyl groups is 1. The molecular weight excluding hydrogens is 250 g/mol. The molecule has 0 aromatic heterocycles. The van der Waals surface area contributed by atoms with E-state index in [0.717, 1.165) is 48.4 Å². The van der Waals surface area contributed by atoms with Crippen LogP contribution in [0.2, 0.25) is 0 Å². The quantitative estimate of drug-likeness (QED) is 0.867. The van der Waals surface area contributed by atoms with Crippen molar-refractivity contribution in [1.82, 2.24) is 5.32 Å². The number of benzene rings is 1. The third-order valence-electron chi connectivity index (χ3n) is 3.63. The van der Waals surface area contributed by atoms with E-state index in [0.29, 0.717) is 0 Å². The topological polar surface area (TPSA) is 41.5 Å². The Morgan fingerprint density at radius 3 is 2.11 bits per heavy atom. The Hall–Kier alpha value is -0.770. The Morgan fingerprint density at radius 2 is 1.67 bits per heavy atom. The number of hydrogen-bond donors (Lipinski definition) is 2. The van der Waals surface area contributed by atoms with Gasteiger partial charge in [-0.2, -0.15) is 0 Å². The highest BCUT2D eigenvalue weighted by atomic mass is 35.5. The van der Waals surface area contributed by atoms with Crippen LogP contribution < -0.4 is 10.1 Å². The fourth-order valence-electron chi connectivity index (χ4n) is 2.67. The molecule has 1 aliphatic heterocycles. The molecule has 0 bridgehead atoms. The van der Waals surface area contributed by atoms with E-state index in [1.54, 1.807) is 7.11 Å². The summed E-state index contributed by atoms with van der Waals surface area (Å²) >= 11 is 0. The number of ether oxygens (including phenoxy) is 1. The molecule has 3 nitrogen and oxygen atoms in total. The van der Waals surface area contributed by atoms with Crippen LogP contribution in [-0.2, 0) is 5.60 Å². The van der Waals surface area contributed by atoms with Crippen molar-refractivity contribution in [1.29, 1.82) is 0 Å². The largest absolute Gasteiger partial charge is 0.496 e. The molecule has 0 amide bonds. The molecule has 0 atom stereocenters.